The van der Waals surface area contributed by atoms with Crippen LogP contribution in [0.1, 0.15) is 40.5 Å². The summed E-state index contributed by atoms with van der Waals surface area (Å²) in [6, 6.07) is 7.41. The third-order valence-electron chi connectivity index (χ3n) is 4.22. The van der Waals surface area contributed by atoms with Crippen molar-refractivity contribution in [2.75, 3.05) is 13.1 Å². The van der Waals surface area contributed by atoms with Gasteiger partial charge in [-0.15, -0.1) is 5.10 Å². The van der Waals surface area contributed by atoms with Crippen molar-refractivity contribution in [1.29, 1.82) is 0 Å². The molecule has 3 rings (SSSR count). The van der Waals surface area contributed by atoms with Crippen molar-refractivity contribution in [3.05, 3.63) is 41.2 Å². The second kappa shape index (κ2) is 6.55. The Balaban J connectivity index is 1.55. The summed E-state index contributed by atoms with van der Waals surface area (Å²) in [4.78, 5) is 25.1. The maximum absolute atomic E-state index is 12.2. The third kappa shape index (κ3) is 3.53. The molecule has 0 spiro atoms. The molecule has 0 aliphatic carbocycles. The molecule has 1 aliphatic heterocycles. The molecule has 1 aromatic heterocycles. The predicted molar refractivity (Wildman–Crippen MR) is 81.4 cm³/mol. The first kappa shape index (κ1) is 15.1. The van der Waals surface area contributed by atoms with Gasteiger partial charge in [0.15, 0.2) is 5.82 Å². The summed E-state index contributed by atoms with van der Waals surface area (Å²) in [5.74, 6) is 0.497. The standard InChI is InChI=1S/C15H18N6O2/c16-15(23)12-3-1-10(2-4-12)11-5-7-21(8-6-11)14(22)9-13-17-19-20-18-13/h1-4,11H,5-9H2,(H2,16,23)(H,17,18,19,20). The van der Waals surface area contributed by atoms with Crippen LogP contribution in [0, 0.1) is 0 Å². The Morgan fingerprint density at radius 2 is 1.91 bits per heavy atom. The minimum absolute atomic E-state index is 0.0334. The van der Waals surface area contributed by atoms with Crippen LogP contribution in [-0.4, -0.2) is 50.4 Å². The second-order valence-electron chi connectivity index (χ2n) is 5.67. The number of carbonyl (C=O) groups excluding carboxylic acids is 2. The summed E-state index contributed by atoms with van der Waals surface area (Å²) in [5, 5.41) is 13.3. The minimum Gasteiger partial charge on any atom is -0.366 e. The number of nitrogens with one attached hydrogen (secondary N) is 1. The fraction of sp³-hybridized carbons (Fsp3) is 0.400. The molecule has 8 nitrogen and oxygen atoms in total. The number of likely N-dealkylation sites (tertiary alicyclic amines) is 1. The largest absolute Gasteiger partial charge is 0.366 e. The van der Waals surface area contributed by atoms with Crippen LogP contribution in [0.5, 0.6) is 0 Å². The molecule has 1 aromatic carbocycles. The predicted octanol–water partition coefficient (Wildman–Crippen LogP) is 0.247. The van der Waals surface area contributed by atoms with Crippen LogP contribution in [0.4, 0.5) is 0 Å². The van der Waals surface area contributed by atoms with Crippen molar-refractivity contribution in [2.45, 2.75) is 25.2 Å². The van der Waals surface area contributed by atoms with Crippen LogP contribution in [0.2, 0.25) is 0 Å². The Labute approximate surface area is 133 Å². The van der Waals surface area contributed by atoms with E-state index in [0.29, 0.717) is 30.4 Å². The first-order valence-corrected chi connectivity index (χ1v) is 7.53. The summed E-state index contributed by atoms with van der Waals surface area (Å²) < 4.78 is 0. The number of nitrogens with zero attached hydrogens (tertiary/aromatic N) is 4. The molecule has 1 aliphatic rings. The van der Waals surface area contributed by atoms with Crippen LogP contribution in [-0.2, 0) is 11.2 Å². The number of piperidine rings is 1. The van der Waals surface area contributed by atoms with Gasteiger partial charge in [-0.2, -0.15) is 0 Å². The van der Waals surface area contributed by atoms with E-state index in [1.807, 2.05) is 17.0 Å². The van der Waals surface area contributed by atoms with E-state index in [1.165, 1.54) is 5.56 Å². The summed E-state index contributed by atoms with van der Waals surface area (Å²) in [7, 11) is 0. The highest BCUT2D eigenvalue weighted by Crippen LogP contribution is 2.28. The number of aromatic amines is 1. The molecule has 3 N–H and O–H groups in total. The molecular weight excluding hydrogens is 296 g/mol. The highest BCUT2D eigenvalue weighted by atomic mass is 16.2. The van der Waals surface area contributed by atoms with Gasteiger partial charge in [-0.05, 0) is 46.9 Å². The molecule has 1 fully saturated rings. The lowest BCUT2D eigenvalue weighted by Crippen LogP contribution is -2.39. The Kier molecular flexibility index (Phi) is 4.31. The lowest BCUT2D eigenvalue weighted by molar-refractivity contribution is -0.131. The molecule has 0 unspecified atom stereocenters. The molecule has 8 heteroatoms. The van der Waals surface area contributed by atoms with Crippen LogP contribution in [0.15, 0.2) is 24.3 Å². The van der Waals surface area contributed by atoms with Gasteiger partial charge in [0.2, 0.25) is 11.8 Å². The molecule has 120 valence electrons. The first-order valence-electron chi connectivity index (χ1n) is 7.53. The van der Waals surface area contributed by atoms with E-state index < -0.39 is 5.91 Å². The molecule has 2 aromatic rings. The second-order valence-corrected chi connectivity index (χ2v) is 5.67. The van der Waals surface area contributed by atoms with Gasteiger partial charge in [-0.25, -0.2) is 5.10 Å². The van der Waals surface area contributed by atoms with Crippen molar-refractivity contribution in [3.8, 4) is 0 Å². The molecule has 0 saturated carbocycles. The van der Waals surface area contributed by atoms with Gasteiger partial charge in [0, 0.05) is 18.7 Å². The zero-order chi connectivity index (χ0) is 16.2. The van der Waals surface area contributed by atoms with Crippen LogP contribution >= 0.6 is 0 Å². The number of tetrazole rings is 1. The number of aromatic nitrogens is 4. The topological polar surface area (TPSA) is 118 Å². The molecule has 0 bridgehead atoms. The number of hydrogen-bond acceptors (Lipinski definition) is 5. The number of primary amides is 1. The maximum atomic E-state index is 12.2. The Bertz CT molecular complexity index is 675. The van der Waals surface area contributed by atoms with E-state index >= 15 is 0 Å². The first-order chi connectivity index (χ1) is 11.1. The van der Waals surface area contributed by atoms with Crippen molar-refractivity contribution in [3.63, 3.8) is 0 Å². The normalized spacial score (nSPS) is 15.6. The highest BCUT2D eigenvalue weighted by molar-refractivity contribution is 5.92. The SMILES string of the molecule is NC(=O)c1ccc(C2CCN(C(=O)Cc3nnn[nH]3)CC2)cc1. The van der Waals surface area contributed by atoms with Gasteiger partial charge in [0.1, 0.15) is 0 Å². The summed E-state index contributed by atoms with van der Waals surface area (Å²) in [5.41, 5.74) is 6.95. The van der Waals surface area contributed by atoms with E-state index in [2.05, 4.69) is 20.6 Å². The van der Waals surface area contributed by atoms with Crippen LogP contribution < -0.4 is 5.73 Å². The van der Waals surface area contributed by atoms with E-state index in [-0.39, 0.29) is 12.3 Å². The zero-order valence-electron chi connectivity index (χ0n) is 12.6. The lowest BCUT2D eigenvalue weighted by atomic mass is 9.89. The van der Waals surface area contributed by atoms with Gasteiger partial charge in [0.25, 0.3) is 0 Å². The molecule has 0 atom stereocenters. The van der Waals surface area contributed by atoms with Gasteiger partial charge in [0.05, 0.1) is 6.42 Å². The Morgan fingerprint density at radius 3 is 2.48 bits per heavy atom. The number of benzene rings is 1. The summed E-state index contributed by atoms with van der Waals surface area (Å²) in [6.07, 6.45) is 2.00. The molecule has 2 amide bonds. The summed E-state index contributed by atoms with van der Waals surface area (Å²) in [6.45, 7) is 1.42. The average Bonchev–Trinajstić information content (AvgIpc) is 3.08. The number of H-pyrrole nitrogens is 1. The van der Waals surface area contributed by atoms with Crippen LogP contribution in [0.25, 0.3) is 0 Å². The Hall–Kier alpha value is -2.77. The molecule has 23 heavy (non-hydrogen) atoms. The number of carbonyl (C=O) groups is 2. The van der Waals surface area contributed by atoms with Crippen molar-refractivity contribution in [1.82, 2.24) is 25.5 Å². The number of rotatable bonds is 4. The van der Waals surface area contributed by atoms with E-state index in [0.717, 1.165) is 12.8 Å². The Morgan fingerprint density at radius 1 is 1.22 bits per heavy atom. The highest BCUT2D eigenvalue weighted by Gasteiger charge is 2.24. The summed E-state index contributed by atoms with van der Waals surface area (Å²) >= 11 is 0. The van der Waals surface area contributed by atoms with Crippen molar-refractivity contribution < 1.29 is 9.59 Å². The zero-order valence-corrected chi connectivity index (χ0v) is 12.6. The smallest absolute Gasteiger partial charge is 0.248 e. The number of nitrogens with two attached hydrogens (primary N) is 1. The van der Waals surface area contributed by atoms with Gasteiger partial charge < -0.3 is 10.6 Å². The van der Waals surface area contributed by atoms with E-state index in [1.54, 1.807) is 12.1 Å². The number of hydrogen-bond donors (Lipinski definition) is 2. The number of amides is 2. The molecule has 1 saturated heterocycles. The van der Waals surface area contributed by atoms with Gasteiger partial charge >= 0.3 is 0 Å². The molecular formula is C15H18N6O2. The fourth-order valence-electron chi connectivity index (χ4n) is 2.89. The molecule has 2 heterocycles. The monoisotopic (exact) mass is 314 g/mol. The lowest BCUT2D eigenvalue weighted by Gasteiger charge is -2.32. The third-order valence-corrected chi connectivity index (χ3v) is 4.22. The van der Waals surface area contributed by atoms with E-state index in [9.17, 15) is 9.59 Å². The van der Waals surface area contributed by atoms with Gasteiger partial charge in [-0.1, -0.05) is 12.1 Å². The average molecular weight is 314 g/mol. The van der Waals surface area contributed by atoms with Crippen LogP contribution in [0.3, 0.4) is 0 Å². The fourth-order valence-corrected chi connectivity index (χ4v) is 2.89. The van der Waals surface area contributed by atoms with Crippen molar-refractivity contribution in [2.24, 2.45) is 5.73 Å². The minimum atomic E-state index is -0.418. The van der Waals surface area contributed by atoms with Crippen molar-refractivity contribution >= 4 is 11.8 Å². The van der Waals surface area contributed by atoms with E-state index in [4.69, 9.17) is 5.73 Å². The maximum Gasteiger partial charge on any atom is 0.248 e. The van der Waals surface area contributed by atoms with Gasteiger partial charge in [-0.3, -0.25) is 9.59 Å². The quantitative estimate of drug-likeness (QED) is 0.838. The molecule has 0 radical (unpaired) electrons.